The van der Waals surface area contributed by atoms with Gasteiger partial charge in [0, 0.05) is 10.2 Å². The molecule has 27 heavy (non-hydrogen) atoms. The summed E-state index contributed by atoms with van der Waals surface area (Å²) in [6.07, 6.45) is 0.920. The number of halogens is 1. The van der Waals surface area contributed by atoms with E-state index in [0.29, 0.717) is 23.8 Å². The van der Waals surface area contributed by atoms with E-state index < -0.39 is 0 Å². The van der Waals surface area contributed by atoms with Crippen LogP contribution in [-0.2, 0) is 0 Å². The largest absolute Gasteiger partial charge is 0.493 e. The number of aryl methyl sites for hydroxylation is 2. The molecule has 0 aliphatic rings. The fourth-order valence-electron chi connectivity index (χ4n) is 2.54. The summed E-state index contributed by atoms with van der Waals surface area (Å²) in [6.45, 7) is 8.82. The number of carbonyl (C=O) groups is 1. The van der Waals surface area contributed by atoms with Crippen molar-refractivity contribution in [3.63, 3.8) is 0 Å². The third-order valence-corrected chi connectivity index (χ3v) is 4.78. The molecule has 0 heterocycles. The molecule has 0 saturated carbocycles. The third-order valence-electron chi connectivity index (χ3n) is 4.09. The molecule has 2 N–H and O–H groups in total. The van der Waals surface area contributed by atoms with Crippen molar-refractivity contribution in [3.05, 3.63) is 57.6 Å². The molecule has 0 aliphatic heterocycles. The van der Waals surface area contributed by atoms with Gasteiger partial charge in [-0.2, -0.15) is 0 Å². The van der Waals surface area contributed by atoms with E-state index in [-0.39, 0.29) is 11.0 Å². The van der Waals surface area contributed by atoms with Crippen LogP contribution in [0, 0.1) is 19.8 Å². The zero-order chi connectivity index (χ0) is 20.0. The van der Waals surface area contributed by atoms with E-state index in [1.54, 1.807) is 12.1 Å². The lowest BCUT2D eigenvalue weighted by molar-refractivity contribution is 0.0973. The van der Waals surface area contributed by atoms with E-state index >= 15 is 0 Å². The molecule has 0 spiro atoms. The zero-order valence-electron chi connectivity index (χ0n) is 16.1. The number of hydrogen-bond acceptors (Lipinski definition) is 3. The number of thiocarbonyl (C=S) groups is 1. The highest BCUT2D eigenvalue weighted by Crippen LogP contribution is 2.24. The zero-order valence-corrected chi connectivity index (χ0v) is 18.5. The SMILES string of the molecule is Cc1cccc(C)c1NC(=S)NC(=O)c1cc(Br)ccc1OCCC(C)C. The molecule has 0 unspecified atom stereocenters. The predicted molar refractivity (Wildman–Crippen MR) is 119 cm³/mol. The molecular weight excluding hydrogens is 424 g/mol. The summed E-state index contributed by atoms with van der Waals surface area (Å²) in [5.74, 6) is 0.776. The second-order valence-electron chi connectivity index (χ2n) is 6.85. The van der Waals surface area contributed by atoms with Crippen LogP contribution in [-0.4, -0.2) is 17.6 Å². The number of hydrogen-bond donors (Lipinski definition) is 2. The first-order chi connectivity index (χ1) is 12.8. The Hall–Kier alpha value is -1.92. The molecule has 0 aliphatic carbocycles. The lowest BCUT2D eigenvalue weighted by Crippen LogP contribution is -2.34. The molecule has 0 radical (unpaired) electrons. The number of benzene rings is 2. The lowest BCUT2D eigenvalue weighted by Gasteiger charge is -2.16. The summed E-state index contributed by atoms with van der Waals surface area (Å²) < 4.78 is 6.62. The van der Waals surface area contributed by atoms with Crippen molar-refractivity contribution in [1.29, 1.82) is 0 Å². The van der Waals surface area contributed by atoms with Gasteiger partial charge in [0.25, 0.3) is 5.91 Å². The first kappa shape index (κ1) is 21.4. The topological polar surface area (TPSA) is 50.4 Å². The lowest BCUT2D eigenvalue weighted by atomic mass is 10.1. The van der Waals surface area contributed by atoms with Gasteiger partial charge in [0.2, 0.25) is 0 Å². The van der Waals surface area contributed by atoms with Crippen LogP contribution in [0.3, 0.4) is 0 Å². The molecule has 4 nitrogen and oxygen atoms in total. The molecule has 0 aromatic heterocycles. The molecule has 0 saturated heterocycles. The summed E-state index contributed by atoms with van der Waals surface area (Å²) in [4.78, 5) is 12.7. The normalized spacial score (nSPS) is 10.6. The summed E-state index contributed by atoms with van der Waals surface area (Å²) >= 11 is 8.74. The quantitative estimate of drug-likeness (QED) is 0.563. The molecule has 2 rings (SSSR count). The molecule has 0 atom stereocenters. The van der Waals surface area contributed by atoms with Crippen molar-refractivity contribution in [3.8, 4) is 5.75 Å². The van der Waals surface area contributed by atoms with Gasteiger partial charge >= 0.3 is 0 Å². The van der Waals surface area contributed by atoms with E-state index in [2.05, 4.69) is 40.4 Å². The minimum Gasteiger partial charge on any atom is -0.493 e. The number of ether oxygens (including phenoxy) is 1. The predicted octanol–water partition coefficient (Wildman–Crippen LogP) is 5.62. The Morgan fingerprint density at radius 3 is 2.48 bits per heavy atom. The first-order valence-electron chi connectivity index (χ1n) is 8.89. The van der Waals surface area contributed by atoms with Gasteiger partial charge in [0.05, 0.1) is 12.2 Å². The van der Waals surface area contributed by atoms with Crippen LogP contribution in [0.5, 0.6) is 5.75 Å². The number of anilines is 1. The first-order valence-corrected chi connectivity index (χ1v) is 10.1. The van der Waals surface area contributed by atoms with Crippen LogP contribution in [0.2, 0.25) is 0 Å². The van der Waals surface area contributed by atoms with Crippen LogP contribution >= 0.6 is 28.1 Å². The summed E-state index contributed by atoms with van der Waals surface area (Å²) in [7, 11) is 0. The van der Waals surface area contributed by atoms with E-state index in [1.807, 2.05) is 38.1 Å². The van der Waals surface area contributed by atoms with Gasteiger partial charge in [-0.15, -0.1) is 0 Å². The highest BCUT2D eigenvalue weighted by atomic mass is 79.9. The van der Waals surface area contributed by atoms with Crippen LogP contribution in [0.1, 0.15) is 41.8 Å². The third kappa shape index (κ3) is 6.33. The Kier molecular flexibility index (Phi) is 7.80. The Labute approximate surface area is 174 Å². The highest BCUT2D eigenvalue weighted by Gasteiger charge is 2.16. The molecular formula is C21H25BrN2O2S. The number of carbonyl (C=O) groups excluding carboxylic acids is 1. The average Bonchev–Trinajstić information content (AvgIpc) is 2.59. The van der Waals surface area contributed by atoms with Gasteiger partial charge in [0.1, 0.15) is 5.75 Å². The number of nitrogens with one attached hydrogen (secondary N) is 2. The van der Waals surface area contributed by atoms with Crippen molar-refractivity contribution in [2.45, 2.75) is 34.1 Å². The van der Waals surface area contributed by atoms with E-state index in [4.69, 9.17) is 17.0 Å². The van der Waals surface area contributed by atoms with Crippen LogP contribution in [0.25, 0.3) is 0 Å². The van der Waals surface area contributed by atoms with Gasteiger partial charge in [0.15, 0.2) is 5.11 Å². The van der Waals surface area contributed by atoms with Crippen molar-refractivity contribution < 1.29 is 9.53 Å². The minimum atomic E-state index is -0.306. The Balaban J connectivity index is 2.10. The van der Waals surface area contributed by atoms with Crippen molar-refractivity contribution in [1.82, 2.24) is 5.32 Å². The van der Waals surface area contributed by atoms with Gasteiger partial charge in [-0.1, -0.05) is 48.0 Å². The van der Waals surface area contributed by atoms with Crippen molar-refractivity contribution in [2.24, 2.45) is 5.92 Å². The fraction of sp³-hybridized carbons (Fsp3) is 0.333. The maximum Gasteiger partial charge on any atom is 0.261 e. The molecule has 0 bridgehead atoms. The minimum absolute atomic E-state index is 0.255. The van der Waals surface area contributed by atoms with Crippen molar-refractivity contribution in [2.75, 3.05) is 11.9 Å². The fourth-order valence-corrected chi connectivity index (χ4v) is 3.09. The second kappa shape index (κ2) is 9.85. The smallest absolute Gasteiger partial charge is 0.261 e. The monoisotopic (exact) mass is 448 g/mol. The summed E-state index contributed by atoms with van der Waals surface area (Å²) in [5.41, 5.74) is 3.47. The maximum absolute atomic E-state index is 12.7. The van der Waals surface area contributed by atoms with Crippen LogP contribution in [0.4, 0.5) is 5.69 Å². The van der Waals surface area contributed by atoms with E-state index in [1.165, 1.54) is 0 Å². The summed E-state index contributed by atoms with van der Waals surface area (Å²) in [5, 5.41) is 6.12. The van der Waals surface area contributed by atoms with E-state index in [0.717, 1.165) is 27.7 Å². The molecule has 0 fully saturated rings. The van der Waals surface area contributed by atoms with E-state index in [9.17, 15) is 4.79 Å². The molecule has 1 amide bonds. The number of rotatable bonds is 6. The van der Waals surface area contributed by atoms with Gasteiger partial charge in [-0.25, -0.2) is 0 Å². The molecule has 2 aromatic rings. The number of para-hydroxylation sites is 1. The standard InChI is InChI=1S/C21H25BrN2O2S/c1-13(2)10-11-26-18-9-8-16(22)12-17(18)20(25)24-21(27)23-19-14(3)6-5-7-15(19)4/h5-9,12-13H,10-11H2,1-4H3,(H2,23,24,25,27). The molecule has 144 valence electrons. The Morgan fingerprint density at radius 2 is 1.85 bits per heavy atom. The number of amides is 1. The second-order valence-corrected chi connectivity index (χ2v) is 8.17. The van der Waals surface area contributed by atoms with Crippen molar-refractivity contribution >= 4 is 44.9 Å². The average molecular weight is 449 g/mol. The van der Waals surface area contributed by atoms with Crippen LogP contribution in [0.15, 0.2) is 40.9 Å². The Bertz CT molecular complexity index is 817. The molecule has 2 aromatic carbocycles. The maximum atomic E-state index is 12.7. The summed E-state index contributed by atoms with van der Waals surface area (Å²) in [6, 6.07) is 11.4. The van der Waals surface area contributed by atoms with Crippen LogP contribution < -0.4 is 15.4 Å². The van der Waals surface area contributed by atoms with Gasteiger partial charge < -0.3 is 10.1 Å². The highest BCUT2D eigenvalue weighted by molar-refractivity contribution is 9.10. The van der Waals surface area contributed by atoms with Gasteiger partial charge in [-0.05, 0) is 67.7 Å². The Morgan fingerprint density at radius 1 is 1.19 bits per heavy atom. The molecule has 6 heteroatoms. The van der Waals surface area contributed by atoms with Gasteiger partial charge in [-0.3, -0.25) is 10.1 Å².